The average molecular weight is 309 g/mol. The third-order valence-electron chi connectivity index (χ3n) is 3.68. The van der Waals surface area contributed by atoms with Crippen molar-refractivity contribution >= 4 is 15.7 Å². The van der Waals surface area contributed by atoms with Gasteiger partial charge in [-0.05, 0) is 58.3 Å². The number of hydrogen-bond donors (Lipinski definition) is 1. The smallest absolute Gasteiger partial charge is 0.276 e. The molecule has 1 heterocycles. The van der Waals surface area contributed by atoms with E-state index in [2.05, 4.69) is 14.8 Å². The molecular weight excluding hydrogens is 286 g/mol. The van der Waals surface area contributed by atoms with E-state index < -0.39 is 10.0 Å². The van der Waals surface area contributed by atoms with Gasteiger partial charge in [-0.2, -0.15) is 13.5 Å². The third-order valence-corrected chi connectivity index (χ3v) is 4.90. The van der Waals surface area contributed by atoms with Crippen molar-refractivity contribution in [2.75, 3.05) is 19.6 Å². The molecule has 0 aliphatic carbocycles. The molecule has 0 aromatic heterocycles. The van der Waals surface area contributed by atoms with Crippen molar-refractivity contribution in [1.82, 2.24) is 9.73 Å². The Morgan fingerprint density at radius 3 is 2.48 bits per heavy atom. The Balaban J connectivity index is 1.90. The Labute approximate surface area is 127 Å². The van der Waals surface area contributed by atoms with Gasteiger partial charge >= 0.3 is 0 Å². The van der Waals surface area contributed by atoms with Crippen molar-refractivity contribution in [3.05, 3.63) is 29.8 Å². The highest BCUT2D eigenvalue weighted by atomic mass is 32.2. The number of likely N-dealkylation sites (tertiary alicyclic amines) is 1. The quantitative estimate of drug-likeness (QED) is 0.647. The largest absolute Gasteiger partial charge is 0.303 e. The van der Waals surface area contributed by atoms with E-state index in [1.165, 1.54) is 12.8 Å². The maximum absolute atomic E-state index is 12.1. The van der Waals surface area contributed by atoms with Gasteiger partial charge in [-0.15, -0.1) is 0 Å². The monoisotopic (exact) mass is 309 g/mol. The fraction of sp³-hybridized carbons (Fsp3) is 0.533. The highest BCUT2D eigenvalue weighted by Crippen LogP contribution is 2.10. The molecule has 21 heavy (non-hydrogen) atoms. The summed E-state index contributed by atoms with van der Waals surface area (Å²) in [6.07, 6.45) is 3.31. The summed E-state index contributed by atoms with van der Waals surface area (Å²) in [6, 6.07) is 6.73. The van der Waals surface area contributed by atoms with Crippen LogP contribution in [0, 0.1) is 6.92 Å². The first kappa shape index (κ1) is 16.0. The van der Waals surface area contributed by atoms with Crippen LogP contribution in [0.1, 0.15) is 31.7 Å². The SMILES string of the molecule is C/C(CCN1CCCC1)=N/NS(=O)(=O)c1ccc(C)cc1. The van der Waals surface area contributed by atoms with Gasteiger partial charge < -0.3 is 4.90 Å². The van der Waals surface area contributed by atoms with E-state index in [4.69, 9.17) is 0 Å². The molecule has 116 valence electrons. The van der Waals surface area contributed by atoms with Gasteiger partial charge in [-0.25, -0.2) is 4.83 Å². The number of rotatable bonds is 6. The summed E-state index contributed by atoms with van der Waals surface area (Å²) >= 11 is 0. The van der Waals surface area contributed by atoms with E-state index >= 15 is 0 Å². The molecule has 2 rings (SSSR count). The van der Waals surface area contributed by atoms with Gasteiger partial charge in [0.2, 0.25) is 0 Å². The van der Waals surface area contributed by atoms with Crippen LogP contribution in [0.4, 0.5) is 0 Å². The summed E-state index contributed by atoms with van der Waals surface area (Å²) < 4.78 is 24.2. The van der Waals surface area contributed by atoms with Crippen LogP contribution in [-0.4, -0.2) is 38.7 Å². The number of nitrogens with zero attached hydrogens (tertiary/aromatic N) is 2. The molecule has 0 bridgehead atoms. The van der Waals surface area contributed by atoms with Crippen LogP contribution in [0.3, 0.4) is 0 Å². The highest BCUT2D eigenvalue weighted by molar-refractivity contribution is 7.89. The summed E-state index contributed by atoms with van der Waals surface area (Å²) in [6.45, 7) is 7.00. The lowest BCUT2D eigenvalue weighted by Gasteiger charge is -2.13. The fourth-order valence-electron chi connectivity index (χ4n) is 2.29. The van der Waals surface area contributed by atoms with Gasteiger partial charge in [0.15, 0.2) is 0 Å². The minimum absolute atomic E-state index is 0.240. The van der Waals surface area contributed by atoms with Crippen LogP contribution >= 0.6 is 0 Å². The average Bonchev–Trinajstić information content (AvgIpc) is 2.97. The number of aryl methyl sites for hydroxylation is 1. The summed E-state index contributed by atoms with van der Waals surface area (Å²) in [4.78, 5) is 4.93. The van der Waals surface area contributed by atoms with E-state index in [0.29, 0.717) is 0 Å². The molecule has 0 atom stereocenters. The zero-order chi connectivity index (χ0) is 15.3. The lowest BCUT2D eigenvalue weighted by Crippen LogP contribution is -2.24. The molecule has 1 aromatic rings. The van der Waals surface area contributed by atoms with Gasteiger partial charge in [0, 0.05) is 12.3 Å². The standard InChI is InChI=1S/C15H23N3O2S/c1-13-5-7-15(8-6-13)21(19,20)17-16-14(2)9-12-18-10-3-4-11-18/h5-8,17H,3-4,9-12H2,1-2H3/b16-14-. The van der Waals surface area contributed by atoms with Crippen molar-refractivity contribution in [2.45, 2.75) is 38.0 Å². The molecule has 1 aliphatic heterocycles. The summed E-state index contributed by atoms with van der Waals surface area (Å²) in [5, 5.41) is 4.01. The Morgan fingerprint density at radius 2 is 1.86 bits per heavy atom. The van der Waals surface area contributed by atoms with Crippen molar-refractivity contribution in [1.29, 1.82) is 0 Å². The summed E-state index contributed by atoms with van der Waals surface area (Å²) in [5.41, 5.74) is 1.83. The molecule has 1 aliphatic rings. The number of sulfonamides is 1. The Morgan fingerprint density at radius 1 is 1.24 bits per heavy atom. The zero-order valence-electron chi connectivity index (χ0n) is 12.7. The van der Waals surface area contributed by atoms with Crippen LogP contribution in [0.15, 0.2) is 34.3 Å². The molecule has 0 spiro atoms. The normalized spacial score (nSPS) is 17.1. The Bertz CT molecular complexity index is 588. The van der Waals surface area contributed by atoms with Crippen molar-refractivity contribution < 1.29 is 8.42 Å². The molecule has 0 unspecified atom stereocenters. The minimum atomic E-state index is -3.56. The topological polar surface area (TPSA) is 61.8 Å². The van der Waals surface area contributed by atoms with Gasteiger partial charge in [0.05, 0.1) is 4.90 Å². The molecule has 5 nitrogen and oxygen atoms in total. The van der Waals surface area contributed by atoms with Gasteiger partial charge in [-0.3, -0.25) is 0 Å². The Kier molecular flexibility index (Phi) is 5.36. The summed E-state index contributed by atoms with van der Waals surface area (Å²) in [7, 11) is -3.56. The number of benzene rings is 1. The summed E-state index contributed by atoms with van der Waals surface area (Å²) in [5.74, 6) is 0. The second kappa shape index (κ2) is 7.04. The maximum Gasteiger partial charge on any atom is 0.276 e. The Hall–Kier alpha value is -1.40. The van der Waals surface area contributed by atoms with Crippen molar-refractivity contribution in [2.24, 2.45) is 5.10 Å². The molecule has 1 fully saturated rings. The first-order valence-corrected chi connectivity index (χ1v) is 8.80. The van der Waals surface area contributed by atoms with Crippen LogP contribution in [0.25, 0.3) is 0 Å². The van der Waals surface area contributed by atoms with Gasteiger partial charge in [0.1, 0.15) is 0 Å². The van der Waals surface area contributed by atoms with Crippen molar-refractivity contribution in [3.8, 4) is 0 Å². The minimum Gasteiger partial charge on any atom is -0.303 e. The second-order valence-corrected chi connectivity index (χ2v) is 7.21. The first-order valence-electron chi connectivity index (χ1n) is 7.31. The van der Waals surface area contributed by atoms with Crippen LogP contribution < -0.4 is 4.83 Å². The zero-order valence-corrected chi connectivity index (χ0v) is 13.5. The van der Waals surface area contributed by atoms with Gasteiger partial charge in [-0.1, -0.05) is 17.7 Å². The first-order chi connectivity index (χ1) is 9.97. The number of hydrogen-bond acceptors (Lipinski definition) is 4. The number of nitrogens with one attached hydrogen (secondary N) is 1. The van der Waals surface area contributed by atoms with Crippen LogP contribution in [0.5, 0.6) is 0 Å². The molecule has 0 amide bonds. The van der Waals surface area contributed by atoms with E-state index in [0.717, 1.165) is 37.3 Å². The van der Waals surface area contributed by atoms with Crippen molar-refractivity contribution in [3.63, 3.8) is 0 Å². The molecule has 0 radical (unpaired) electrons. The van der Waals surface area contributed by atoms with E-state index in [1.54, 1.807) is 24.3 Å². The van der Waals surface area contributed by atoms with E-state index in [-0.39, 0.29) is 4.90 Å². The van der Waals surface area contributed by atoms with Gasteiger partial charge in [0.25, 0.3) is 10.0 Å². The molecule has 1 saturated heterocycles. The number of hydrazone groups is 1. The third kappa shape index (κ3) is 4.82. The lowest BCUT2D eigenvalue weighted by atomic mass is 10.2. The molecule has 6 heteroatoms. The fourth-order valence-corrected chi connectivity index (χ4v) is 3.17. The van der Waals surface area contributed by atoms with E-state index in [9.17, 15) is 8.42 Å². The predicted octanol–water partition coefficient (Wildman–Crippen LogP) is 2.14. The molecule has 0 saturated carbocycles. The molecular formula is C15H23N3O2S. The van der Waals surface area contributed by atoms with Crippen LogP contribution in [-0.2, 0) is 10.0 Å². The van der Waals surface area contributed by atoms with E-state index in [1.807, 2.05) is 13.8 Å². The lowest BCUT2D eigenvalue weighted by molar-refractivity contribution is 0.349. The van der Waals surface area contributed by atoms with Crippen LogP contribution in [0.2, 0.25) is 0 Å². The predicted molar refractivity (Wildman–Crippen MR) is 84.9 cm³/mol. The molecule has 1 aromatic carbocycles. The highest BCUT2D eigenvalue weighted by Gasteiger charge is 2.13. The second-order valence-electron chi connectivity index (χ2n) is 5.55. The maximum atomic E-state index is 12.1. The molecule has 1 N–H and O–H groups in total.